The monoisotopic (exact) mass is 421 g/mol. The van der Waals surface area contributed by atoms with Gasteiger partial charge in [-0.15, -0.1) is 0 Å². The second-order valence-electron chi connectivity index (χ2n) is 6.93. The number of nitrogens with zero attached hydrogens (tertiary/aromatic N) is 2. The van der Waals surface area contributed by atoms with E-state index < -0.39 is 0 Å². The van der Waals surface area contributed by atoms with Crippen LogP contribution in [0.2, 0.25) is 5.02 Å². The van der Waals surface area contributed by atoms with Gasteiger partial charge in [0.2, 0.25) is 0 Å². The molecule has 4 nitrogen and oxygen atoms in total. The first-order valence-corrected chi connectivity index (χ1v) is 10.2. The summed E-state index contributed by atoms with van der Waals surface area (Å²) in [7, 11) is 0. The maximum Gasteiger partial charge on any atom is 0.154 e. The van der Waals surface area contributed by atoms with Gasteiger partial charge in [-0.3, -0.25) is 5.43 Å². The van der Waals surface area contributed by atoms with E-state index in [2.05, 4.69) is 22.4 Å². The van der Waals surface area contributed by atoms with Gasteiger partial charge in [-0.1, -0.05) is 24.9 Å². The molecule has 0 atom stereocenters. The normalized spacial score (nSPS) is 12.9. The molecule has 0 aliphatic carbocycles. The summed E-state index contributed by atoms with van der Waals surface area (Å²) in [6.07, 6.45) is 2.09. The summed E-state index contributed by atoms with van der Waals surface area (Å²) < 4.78 is 19.8. The molecule has 1 N–H and O–H groups in total. The summed E-state index contributed by atoms with van der Waals surface area (Å²) in [5.74, 6) is 1.02. The zero-order valence-corrected chi connectivity index (χ0v) is 17.3. The Morgan fingerprint density at radius 2 is 1.70 bits per heavy atom. The Labute approximate surface area is 180 Å². The van der Waals surface area contributed by atoms with Crippen molar-refractivity contribution < 1.29 is 9.13 Å². The van der Waals surface area contributed by atoms with Crippen molar-refractivity contribution in [2.24, 2.45) is 10.1 Å². The van der Waals surface area contributed by atoms with Crippen molar-refractivity contribution in [3.63, 3.8) is 0 Å². The minimum atomic E-state index is -0.342. The Hall–Kier alpha value is -3.18. The van der Waals surface area contributed by atoms with Gasteiger partial charge in [-0.05, 0) is 73.2 Å². The largest absolute Gasteiger partial charge is 0.494 e. The van der Waals surface area contributed by atoms with Crippen molar-refractivity contribution in [2.75, 3.05) is 6.61 Å². The zero-order chi connectivity index (χ0) is 20.9. The van der Waals surface area contributed by atoms with E-state index in [4.69, 9.17) is 16.3 Å². The lowest BCUT2D eigenvalue weighted by molar-refractivity contribution is 0.309. The molecule has 0 amide bonds. The average molecular weight is 422 g/mol. The van der Waals surface area contributed by atoms with Crippen molar-refractivity contribution in [3.8, 4) is 5.75 Å². The van der Waals surface area contributed by atoms with Gasteiger partial charge in [0, 0.05) is 21.7 Å². The third kappa shape index (κ3) is 4.52. The van der Waals surface area contributed by atoms with Crippen LogP contribution >= 0.6 is 11.6 Å². The lowest BCUT2D eigenvalue weighted by atomic mass is 10.0. The van der Waals surface area contributed by atoms with Gasteiger partial charge in [-0.25, -0.2) is 9.38 Å². The van der Waals surface area contributed by atoms with Gasteiger partial charge in [0.25, 0.3) is 0 Å². The Morgan fingerprint density at radius 1 is 0.967 bits per heavy atom. The van der Waals surface area contributed by atoms with Crippen LogP contribution in [0.3, 0.4) is 0 Å². The van der Waals surface area contributed by atoms with E-state index in [1.165, 1.54) is 12.1 Å². The number of rotatable bonds is 6. The average Bonchev–Trinajstić information content (AvgIpc) is 2.94. The first-order chi connectivity index (χ1) is 14.6. The van der Waals surface area contributed by atoms with Crippen LogP contribution in [0.1, 0.15) is 36.5 Å². The maximum absolute atomic E-state index is 14.1. The standard InChI is InChI=1S/C24H21ClFN3O/c1-2-3-14-30-20-11-6-16(7-12-20)23-21-15-19(26)10-13-22(21)27-24(29-28-23)17-4-8-18(25)9-5-17/h4-13,15H,2-3,14H2,1H3,(H,27,29). The van der Waals surface area contributed by atoms with E-state index in [1.54, 1.807) is 18.2 Å². The van der Waals surface area contributed by atoms with Crippen LogP contribution in [0.5, 0.6) is 5.75 Å². The number of halogens is 2. The first-order valence-electron chi connectivity index (χ1n) is 9.85. The molecule has 0 unspecified atom stereocenters. The summed E-state index contributed by atoms with van der Waals surface area (Å²) in [4.78, 5) is 4.68. The molecule has 0 saturated carbocycles. The number of hydrogen-bond acceptors (Lipinski definition) is 4. The number of hydrazone groups is 1. The van der Waals surface area contributed by atoms with Crippen molar-refractivity contribution in [1.82, 2.24) is 5.43 Å². The number of fused-ring (bicyclic) bond motifs is 1. The Balaban J connectivity index is 1.69. The van der Waals surface area contributed by atoms with E-state index in [9.17, 15) is 4.39 Å². The summed E-state index contributed by atoms with van der Waals surface area (Å²) in [5, 5.41) is 5.20. The van der Waals surface area contributed by atoms with Crippen molar-refractivity contribution in [1.29, 1.82) is 0 Å². The number of benzene rings is 3. The summed E-state index contributed by atoms with van der Waals surface area (Å²) >= 11 is 6.00. The third-order valence-corrected chi connectivity index (χ3v) is 4.98. The van der Waals surface area contributed by atoms with Crippen LogP contribution in [-0.2, 0) is 0 Å². The highest BCUT2D eigenvalue weighted by atomic mass is 35.5. The number of nitrogens with one attached hydrogen (secondary N) is 1. The SMILES string of the molecule is CCCCOc1ccc(C2=NNC(c3ccc(Cl)cc3)=Nc3ccc(F)cc32)cc1. The predicted octanol–water partition coefficient (Wildman–Crippen LogP) is 6.09. The highest BCUT2D eigenvalue weighted by Gasteiger charge is 2.18. The molecule has 152 valence electrons. The second-order valence-corrected chi connectivity index (χ2v) is 7.36. The van der Waals surface area contributed by atoms with E-state index in [-0.39, 0.29) is 5.82 Å². The summed E-state index contributed by atoms with van der Waals surface area (Å²) in [6, 6.07) is 19.5. The fourth-order valence-electron chi connectivity index (χ4n) is 3.11. The molecule has 0 radical (unpaired) electrons. The van der Waals surface area contributed by atoms with Gasteiger partial charge >= 0.3 is 0 Å². The Bertz CT molecular complexity index is 1090. The van der Waals surface area contributed by atoms with Gasteiger partial charge in [0.05, 0.1) is 12.3 Å². The van der Waals surface area contributed by atoms with Crippen LogP contribution < -0.4 is 10.2 Å². The van der Waals surface area contributed by atoms with Crippen LogP contribution in [0.4, 0.5) is 10.1 Å². The molecule has 4 rings (SSSR count). The zero-order valence-electron chi connectivity index (χ0n) is 16.5. The molecule has 0 aromatic heterocycles. The van der Waals surface area contributed by atoms with Crippen molar-refractivity contribution >= 4 is 28.8 Å². The van der Waals surface area contributed by atoms with E-state index >= 15 is 0 Å². The molecule has 3 aromatic rings. The van der Waals surface area contributed by atoms with Gasteiger partial charge < -0.3 is 4.74 Å². The van der Waals surface area contributed by atoms with E-state index in [1.807, 2.05) is 36.4 Å². The van der Waals surface area contributed by atoms with Crippen molar-refractivity contribution in [2.45, 2.75) is 19.8 Å². The highest BCUT2D eigenvalue weighted by molar-refractivity contribution is 6.30. The number of unbranched alkanes of at least 4 members (excludes halogenated alkanes) is 1. The fraction of sp³-hybridized carbons (Fsp3) is 0.167. The van der Waals surface area contributed by atoms with Gasteiger partial charge in [-0.2, -0.15) is 5.10 Å². The van der Waals surface area contributed by atoms with Crippen molar-refractivity contribution in [3.05, 3.63) is 94.3 Å². The van der Waals surface area contributed by atoms with Crippen LogP contribution in [-0.4, -0.2) is 18.2 Å². The van der Waals surface area contributed by atoms with E-state index in [0.29, 0.717) is 34.4 Å². The molecule has 6 heteroatoms. The molecule has 3 aromatic carbocycles. The lowest BCUT2D eigenvalue weighted by Crippen LogP contribution is -2.19. The topological polar surface area (TPSA) is 46.0 Å². The molecule has 1 aliphatic heterocycles. The maximum atomic E-state index is 14.1. The molecule has 0 bridgehead atoms. The molecular formula is C24H21ClFN3O. The smallest absolute Gasteiger partial charge is 0.154 e. The molecule has 30 heavy (non-hydrogen) atoms. The van der Waals surface area contributed by atoms with Crippen LogP contribution in [0.15, 0.2) is 76.8 Å². The molecular weight excluding hydrogens is 401 g/mol. The van der Waals surface area contributed by atoms with Crippen LogP contribution in [0, 0.1) is 5.82 Å². The number of hydrogen-bond donors (Lipinski definition) is 1. The number of amidine groups is 1. The first kappa shape index (κ1) is 20.1. The molecule has 0 fully saturated rings. The fourth-order valence-corrected chi connectivity index (χ4v) is 3.24. The third-order valence-electron chi connectivity index (χ3n) is 4.73. The second kappa shape index (κ2) is 9.09. The number of ether oxygens (including phenoxy) is 1. The minimum Gasteiger partial charge on any atom is -0.494 e. The molecule has 0 spiro atoms. The minimum absolute atomic E-state index is 0.342. The summed E-state index contributed by atoms with van der Waals surface area (Å²) in [6.45, 7) is 2.81. The highest BCUT2D eigenvalue weighted by Crippen LogP contribution is 2.27. The molecule has 0 saturated heterocycles. The summed E-state index contributed by atoms with van der Waals surface area (Å²) in [5.41, 5.74) is 6.56. The Kier molecular flexibility index (Phi) is 6.10. The molecule has 1 heterocycles. The van der Waals surface area contributed by atoms with Gasteiger partial charge in [0.15, 0.2) is 5.84 Å². The quantitative estimate of drug-likeness (QED) is 0.489. The molecule has 1 aliphatic rings. The van der Waals surface area contributed by atoms with Gasteiger partial charge in [0.1, 0.15) is 17.3 Å². The predicted molar refractivity (Wildman–Crippen MR) is 120 cm³/mol. The number of aliphatic imine (C=N–C) groups is 1. The van der Waals surface area contributed by atoms with E-state index in [0.717, 1.165) is 29.7 Å². The Morgan fingerprint density at radius 3 is 2.43 bits per heavy atom. The van der Waals surface area contributed by atoms with Crippen LogP contribution in [0.25, 0.3) is 0 Å². The lowest BCUT2D eigenvalue weighted by Gasteiger charge is -2.10.